The molecule has 5 rings (SSSR count). The maximum atomic E-state index is 12.3. The van der Waals surface area contributed by atoms with Gasteiger partial charge in [-0.1, -0.05) is 30.0 Å². The molecule has 7 heteroatoms. The second-order valence-corrected chi connectivity index (χ2v) is 8.16. The van der Waals surface area contributed by atoms with Crippen LogP contribution in [-0.4, -0.2) is 43.4 Å². The number of hydrogen-bond donors (Lipinski definition) is 1. The van der Waals surface area contributed by atoms with Gasteiger partial charge in [-0.3, -0.25) is 0 Å². The predicted octanol–water partition coefficient (Wildman–Crippen LogP) is 3.34. The van der Waals surface area contributed by atoms with E-state index in [2.05, 4.69) is 39.1 Å². The van der Waals surface area contributed by atoms with Crippen molar-refractivity contribution >= 4 is 17.6 Å². The van der Waals surface area contributed by atoms with Crippen LogP contribution < -0.4 is 15.3 Å². The third kappa shape index (κ3) is 3.52. The van der Waals surface area contributed by atoms with Crippen molar-refractivity contribution < 1.29 is 9.47 Å². The van der Waals surface area contributed by atoms with Crippen LogP contribution in [0.25, 0.3) is 11.3 Å². The Hall–Kier alpha value is -2.77. The first-order valence-corrected chi connectivity index (χ1v) is 10.4. The minimum Gasteiger partial charge on any atom is -0.497 e. The molecule has 0 aliphatic carbocycles. The summed E-state index contributed by atoms with van der Waals surface area (Å²) in [7, 11) is 1.69. The number of aromatic amines is 1. The third-order valence-corrected chi connectivity index (χ3v) is 6.62. The molecule has 0 amide bonds. The Morgan fingerprint density at radius 1 is 1.14 bits per heavy atom. The van der Waals surface area contributed by atoms with Gasteiger partial charge in [-0.15, -0.1) is 0 Å². The number of ether oxygens (including phenoxy) is 2. The van der Waals surface area contributed by atoms with Crippen LogP contribution in [-0.2, 0) is 11.2 Å². The topological polar surface area (TPSA) is 67.5 Å². The fourth-order valence-corrected chi connectivity index (χ4v) is 5.01. The van der Waals surface area contributed by atoms with Gasteiger partial charge < -0.3 is 19.4 Å². The molecule has 1 N–H and O–H groups in total. The van der Waals surface area contributed by atoms with E-state index in [0.717, 1.165) is 36.5 Å². The quantitative estimate of drug-likeness (QED) is 0.562. The molecule has 0 bridgehead atoms. The maximum Gasteiger partial charge on any atom is 0.347 e. The first kappa shape index (κ1) is 18.3. The molecule has 0 spiro atoms. The number of anilines is 1. The molecule has 0 atom stereocenters. The van der Waals surface area contributed by atoms with Crippen molar-refractivity contribution in [3.63, 3.8) is 0 Å². The third-order valence-electron chi connectivity index (χ3n) is 5.31. The lowest BCUT2D eigenvalue weighted by Gasteiger charge is -2.28. The summed E-state index contributed by atoms with van der Waals surface area (Å²) < 4.78 is 10.8. The Balaban J connectivity index is 1.55. The molecule has 0 radical (unpaired) electrons. The summed E-state index contributed by atoms with van der Waals surface area (Å²) in [6.45, 7) is 2.79. The Kier molecular flexibility index (Phi) is 4.77. The number of nitrogens with zero attached hydrogens (tertiary/aromatic N) is 2. The summed E-state index contributed by atoms with van der Waals surface area (Å²) in [6, 6.07) is 14.4. The largest absolute Gasteiger partial charge is 0.497 e. The Morgan fingerprint density at radius 2 is 2.00 bits per heavy atom. The maximum absolute atomic E-state index is 12.3. The molecule has 1 aromatic heterocycles. The minimum absolute atomic E-state index is 0.326. The van der Waals surface area contributed by atoms with Crippen molar-refractivity contribution in [2.75, 3.05) is 38.3 Å². The number of H-pyrrole nitrogens is 1. The standard InChI is InChI=1S/C22H21N3O3S/c1-27-16-5-6-19-15(12-16)11-14-3-2-4-17(21(14)29-19)18-13-20(24-22(26)23-18)25-7-9-28-10-8-25/h2-6,12-13H,7-11H2,1H3,(H,23,24,26). The van der Waals surface area contributed by atoms with Crippen molar-refractivity contribution in [3.8, 4) is 17.0 Å². The summed E-state index contributed by atoms with van der Waals surface area (Å²) in [5.41, 5.74) is 4.01. The molecule has 1 fully saturated rings. The summed E-state index contributed by atoms with van der Waals surface area (Å²) in [6.07, 6.45) is 0.842. The second-order valence-electron chi connectivity index (χ2n) is 7.10. The van der Waals surface area contributed by atoms with Crippen LogP contribution in [0, 0.1) is 0 Å². The van der Waals surface area contributed by atoms with Crippen molar-refractivity contribution in [2.24, 2.45) is 0 Å². The highest BCUT2D eigenvalue weighted by Crippen LogP contribution is 2.45. The highest BCUT2D eigenvalue weighted by Gasteiger charge is 2.22. The summed E-state index contributed by atoms with van der Waals surface area (Å²) in [4.78, 5) is 23.9. The Morgan fingerprint density at radius 3 is 2.83 bits per heavy atom. The van der Waals surface area contributed by atoms with Gasteiger partial charge in [0.2, 0.25) is 0 Å². The van der Waals surface area contributed by atoms with Gasteiger partial charge in [0.05, 0.1) is 26.0 Å². The molecule has 3 aromatic rings. The number of aromatic nitrogens is 2. The second kappa shape index (κ2) is 7.57. The normalized spacial score (nSPS) is 15.6. The molecular formula is C22H21N3O3S. The first-order valence-electron chi connectivity index (χ1n) is 9.62. The van der Waals surface area contributed by atoms with Crippen LogP contribution in [0.5, 0.6) is 5.75 Å². The lowest BCUT2D eigenvalue weighted by Crippen LogP contribution is -2.37. The van der Waals surface area contributed by atoms with Crippen molar-refractivity contribution in [2.45, 2.75) is 16.2 Å². The van der Waals surface area contributed by atoms with Crippen LogP contribution in [0.2, 0.25) is 0 Å². The van der Waals surface area contributed by atoms with Crippen LogP contribution in [0.3, 0.4) is 0 Å². The van der Waals surface area contributed by atoms with Gasteiger partial charge in [-0.2, -0.15) is 4.98 Å². The molecule has 148 valence electrons. The van der Waals surface area contributed by atoms with Crippen LogP contribution in [0.1, 0.15) is 11.1 Å². The first-order chi connectivity index (χ1) is 14.2. The fraction of sp³-hybridized carbons (Fsp3) is 0.273. The SMILES string of the molecule is COc1ccc2c(c1)Cc1cccc(-c3cc(N4CCOCC4)nc(=O)[nH]3)c1S2. The summed E-state index contributed by atoms with van der Waals surface area (Å²) >= 11 is 1.74. The van der Waals surface area contributed by atoms with E-state index >= 15 is 0 Å². The lowest BCUT2D eigenvalue weighted by molar-refractivity contribution is 0.122. The van der Waals surface area contributed by atoms with Gasteiger partial charge in [0.25, 0.3) is 0 Å². The number of hydrogen-bond acceptors (Lipinski definition) is 6. The van der Waals surface area contributed by atoms with Gasteiger partial charge in [0, 0.05) is 34.5 Å². The molecule has 2 aromatic carbocycles. The molecule has 2 aliphatic rings. The number of nitrogens with one attached hydrogen (secondary N) is 1. The molecule has 29 heavy (non-hydrogen) atoms. The minimum atomic E-state index is -0.326. The van der Waals surface area contributed by atoms with Crippen molar-refractivity contribution in [1.82, 2.24) is 9.97 Å². The average Bonchev–Trinajstić information content (AvgIpc) is 2.77. The fourth-order valence-electron chi connectivity index (χ4n) is 3.84. The molecular weight excluding hydrogens is 386 g/mol. The van der Waals surface area contributed by atoms with Crippen LogP contribution in [0.15, 0.2) is 57.1 Å². The molecule has 0 unspecified atom stereocenters. The molecule has 3 heterocycles. The van der Waals surface area contributed by atoms with E-state index in [1.165, 1.54) is 20.9 Å². The van der Waals surface area contributed by atoms with Gasteiger partial charge in [-0.05, 0) is 35.7 Å². The zero-order valence-corrected chi connectivity index (χ0v) is 16.9. The smallest absolute Gasteiger partial charge is 0.347 e. The number of methoxy groups -OCH3 is 1. The molecule has 1 saturated heterocycles. The Bertz CT molecular complexity index is 1120. The molecule has 6 nitrogen and oxygen atoms in total. The predicted molar refractivity (Wildman–Crippen MR) is 113 cm³/mol. The van der Waals surface area contributed by atoms with E-state index < -0.39 is 0 Å². The van der Waals surface area contributed by atoms with Crippen molar-refractivity contribution in [1.29, 1.82) is 0 Å². The van der Waals surface area contributed by atoms with Gasteiger partial charge in [-0.25, -0.2) is 4.79 Å². The van der Waals surface area contributed by atoms with Crippen molar-refractivity contribution in [3.05, 3.63) is 64.1 Å². The zero-order chi connectivity index (χ0) is 19.8. The monoisotopic (exact) mass is 407 g/mol. The van der Waals surface area contributed by atoms with E-state index in [-0.39, 0.29) is 5.69 Å². The average molecular weight is 407 g/mol. The van der Waals surface area contributed by atoms with Gasteiger partial charge in [0.1, 0.15) is 11.6 Å². The number of morpholine rings is 1. The number of fused-ring (bicyclic) bond motifs is 2. The highest BCUT2D eigenvalue weighted by atomic mass is 32.2. The highest BCUT2D eigenvalue weighted by molar-refractivity contribution is 7.99. The van der Waals surface area contributed by atoms with Gasteiger partial charge in [0.15, 0.2) is 0 Å². The van der Waals surface area contributed by atoms with E-state index in [4.69, 9.17) is 9.47 Å². The lowest BCUT2D eigenvalue weighted by atomic mass is 10.00. The van der Waals surface area contributed by atoms with Crippen LogP contribution in [0.4, 0.5) is 5.82 Å². The Labute approximate surface area is 172 Å². The summed E-state index contributed by atoms with van der Waals surface area (Å²) in [5, 5.41) is 0. The van der Waals surface area contributed by atoms with E-state index in [1.54, 1.807) is 18.9 Å². The van der Waals surface area contributed by atoms with E-state index in [0.29, 0.717) is 19.0 Å². The van der Waals surface area contributed by atoms with E-state index in [9.17, 15) is 4.79 Å². The summed E-state index contributed by atoms with van der Waals surface area (Å²) in [5.74, 6) is 1.58. The molecule has 2 aliphatic heterocycles. The van der Waals surface area contributed by atoms with E-state index in [1.807, 2.05) is 18.2 Å². The zero-order valence-electron chi connectivity index (χ0n) is 16.1. The van der Waals surface area contributed by atoms with Crippen LogP contribution >= 0.6 is 11.8 Å². The number of rotatable bonds is 3. The number of benzene rings is 2. The molecule has 0 saturated carbocycles. The van der Waals surface area contributed by atoms with Gasteiger partial charge >= 0.3 is 5.69 Å².